The smallest absolute Gasteiger partial charge is 0.187 e. The Labute approximate surface area is 345 Å². The van der Waals surface area contributed by atoms with Crippen LogP contribution in [0.15, 0.2) is 61.0 Å². The summed E-state index contributed by atoms with van der Waals surface area (Å²) in [5.74, 6) is 0.0836. The number of carbonyl (C=O) groups excluding carboxylic acids is 2. The molecule has 0 heterocycles. The van der Waals surface area contributed by atoms with Crippen LogP contribution >= 0.6 is 0 Å². The molecule has 2 aromatic carbocycles. The molecule has 0 atom stereocenters. The number of benzene rings is 2. The average Bonchev–Trinajstić information content (AvgIpc) is 3.21. The van der Waals surface area contributed by atoms with Crippen LogP contribution in [0.25, 0.3) is 0 Å². The molecule has 0 aliphatic heterocycles. The lowest BCUT2D eigenvalue weighted by atomic mass is 9.93. The highest BCUT2D eigenvalue weighted by atomic mass is 16.1. The van der Waals surface area contributed by atoms with Crippen LogP contribution in [-0.2, 0) is 25.7 Å². The molecule has 314 valence electrons. The van der Waals surface area contributed by atoms with E-state index in [1.165, 1.54) is 176 Å². The molecule has 0 saturated heterocycles. The summed E-state index contributed by atoms with van der Waals surface area (Å²) in [6.07, 6.45) is 42.2. The highest BCUT2D eigenvalue weighted by molar-refractivity contribution is 6.05. The lowest BCUT2D eigenvalue weighted by molar-refractivity contribution is 0.103. The molecule has 2 aromatic rings. The summed E-state index contributed by atoms with van der Waals surface area (Å²) in [6, 6.07) is 12.8. The summed E-state index contributed by atoms with van der Waals surface area (Å²) in [7, 11) is 0. The first-order valence-corrected chi connectivity index (χ1v) is 23.7. The Morgan fingerprint density at radius 3 is 1.00 bits per heavy atom. The van der Waals surface area contributed by atoms with Crippen LogP contribution in [0.5, 0.6) is 0 Å². The van der Waals surface area contributed by atoms with Crippen molar-refractivity contribution < 1.29 is 9.59 Å². The Morgan fingerprint density at radius 2 is 0.679 bits per heavy atom. The monoisotopic (exact) mass is 769 g/mol. The Kier molecular flexibility index (Phi) is 29.7. The summed E-state index contributed by atoms with van der Waals surface area (Å²) in [4.78, 5) is 26.3. The van der Waals surface area contributed by atoms with E-state index in [4.69, 9.17) is 0 Å². The Hall–Kier alpha value is -3.14. The molecule has 2 rings (SSSR count). The number of carbonyl (C=O) groups is 2. The largest absolute Gasteiger partial charge is 0.389 e. The maximum atomic E-state index is 13.1. The van der Waals surface area contributed by atoms with Crippen LogP contribution in [0.2, 0.25) is 0 Å². The molecule has 0 amide bonds. The third-order valence-electron chi connectivity index (χ3n) is 11.3. The normalized spacial score (nSPS) is 11.6. The minimum atomic E-state index is 0.0418. The second kappa shape index (κ2) is 33.9. The SMILES string of the molecule is CCCCCCCCc1ccc(C(=O)/C=C/NCCN/C=C/C(=O)c2ccc(CCCCCCCC)c(CCCCCCCC)c2)cc1CCCCCCCC. The number of hydrogen-bond donors (Lipinski definition) is 2. The van der Waals surface area contributed by atoms with Gasteiger partial charge >= 0.3 is 0 Å². The molecule has 0 saturated carbocycles. The van der Waals surface area contributed by atoms with Gasteiger partial charge in [-0.1, -0.05) is 180 Å². The third kappa shape index (κ3) is 23.2. The van der Waals surface area contributed by atoms with E-state index in [-0.39, 0.29) is 11.6 Å². The quantitative estimate of drug-likeness (QED) is 0.0408. The fourth-order valence-corrected chi connectivity index (χ4v) is 7.67. The summed E-state index contributed by atoms with van der Waals surface area (Å²) < 4.78 is 0. The van der Waals surface area contributed by atoms with Crippen LogP contribution in [0.1, 0.15) is 225 Å². The fraction of sp³-hybridized carbons (Fsp3) is 0.654. The maximum Gasteiger partial charge on any atom is 0.187 e. The Bertz CT molecular complexity index is 1260. The van der Waals surface area contributed by atoms with Gasteiger partial charge < -0.3 is 10.6 Å². The van der Waals surface area contributed by atoms with Crippen LogP contribution in [0.4, 0.5) is 0 Å². The molecule has 56 heavy (non-hydrogen) atoms. The van der Waals surface area contributed by atoms with Crippen LogP contribution in [0, 0.1) is 0 Å². The van der Waals surface area contributed by atoms with Crippen molar-refractivity contribution in [2.75, 3.05) is 13.1 Å². The van der Waals surface area contributed by atoms with Crippen LogP contribution < -0.4 is 10.6 Å². The van der Waals surface area contributed by atoms with Crippen molar-refractivity contribution in [2.45, 2.75) is 207 Å². The average molecular weight is 769 g/mol. The Morgan fingerprint density at radius 1 is 0.393 bits per heavy atom. The van der Waals surface area contributed by atoms with E-state index in [1.54, 1.807) is 24.6 Å². The van der Waals surface area contributed by atoms with Gasteiger partial charge in [0.15, 0.2) is 11.6 Å². The topological polar surface area (TPSA) is 58.2 Å². The van der Waals surface area contributed by atoms with Gasteiger partial charge in [-0.3, -0.25) is 9.59 Å². The number of nitrogens with one attached hydrogen (secondary N) is 2. The second-order valence-electron chi connectivity index (χ2n) is 16.3. The Balaban J connectivity index is 1.85. The zero-order valence-corrected chi connectivity index (χ0v) is 36.8. The maximum absolute atomic E-state index is 13.1. The molecular formula is C52H84N2O2. The first-order valence-electron chi connectivity index (χ1n) is 23.7. The minimum absolute atomic E-state index is 0.0418. The van der Waals surface area contributed by atoms with Gasteiger partial charge in [-0.15, -0.1) is 0 Å². The molecule has 0 aliphatic rings. The summed E-state index contributed by atoms with van der Waals surface area (Å²) in [5, 5.41) is 6.47. The molecule has 0 unspecified atom stereocenters. The second-order valence-corrected chi connectivity index (χ2v) is 16.3. The number of rotatable bonds is 37. The van der Waals surface area contributed by atoms with Crippen molar-refractivity contribution in [3.63, 3.8) is 0 Å². The van der Waals surface area contributed by atoms with E-state index in [1.807, 2.05) is 12.1 Å². The van der Waals surface area contributed by atoms with Crippen molar-refractivity contribution in [2.24, 2.45) is 0 Å². The fourth-order valence-electron chi connectivity index (χ4n) is 7.67. The molecule has 0 radical (unpaired) electrons. The zero-order chi connectivity index (χ0) is 40.3. The van der Waals surface area contributed by atoms with Crippen molar-refractivity contribution in [3.05, 3.63) is 94.3 Å². The predicted octanol–water partition coefficient (Wildman–Crippen LogP) is 14.6. The number of hydrogen-bond acceptors (Lipinski definition) is 4. The van der Waals surface area contributed by atoms with Crippen molar-refractivity contribution >= 4 is 11.6 Å². The molecular weight excluding hydrogens is 685 g/mol. The standard InChI is InChI=1S/C52H84N2O2/c1-5-9-13-17-21-25-29-45-33-35-49(43-47(45)31-27-23-19-15-11-7-3)51(55)37-39-53-41-42-54-40-38-52(56)50-36-34-46(30-26-22-18-14-10-6-2)48(44-50)32-28-24-20-16-12-8-4/h33-40,43-44,53-54H,5-32,41-42H2,1-4H3/b39-37+,40-38+. The number of ketones is 2. The lowest BCUT2D eigenvalue weighted by Crippen LogP contribution is -2.20. The summed E-state index contributed by atoms with van der Waals surface area (Å²) in [5.41, 5.74) is 7.15. The van der Waals surface area contributed by atoms with Gasteiger partial charge in [0.2, 0.25) is 0 Å². The van der Waals surface area contributed by atoms with E-state index < -0.39 is 0 Å². The van der Waals surface area contributed by atoms with E-state index in [9.17, 15) is 9.59 Å². The molecule has 4 heteroatoms. The third-order valence-corrected chi connectivity index (χ3v) is 11.3. The van der Waals surface area contributed by atoms with Gasteiger partial charge in [-0.2, -0.15) is 0 Å². The zero-order valence-electron chi connectivity index (χ0n) is 36.8. The van der Waals surface area contributed by atoms with E-state index in [2.05, 4.69) is 62.6 Å². The highest BCUT2D eigenvalue weighted by Crippen LogP contribution is 2.22. The van der Waals surface area contributed by atoms with Gasteiger partial charge in [0, 0.05) is 48.8 Å². The van der Waals surface area contributed by atoms with E-state index >= 15 is 0 Å². The molecule has 0 aromatic heterocycles. The number of aryl methyl sites for hydroxylation is 4. The van der Waals surface area contributed by atoms with Crippen molar-refractivity contribution in [1.82, 2.24) is 10.6 Å². The van der Waals surface area contributed by atoms with Crippen LogP contribution in [0.3, 0.4) is 0 Å². The van der Waals surface area contributed by atoms with Crippen molar-refractivity contribution in [1.29, 1.82) is 0 Å². The van der Waals surface area contributed by atoms with Gasteiger partial charge in [0.1, 0.15) is 0 Å². The van der Waals surface area contributed by atoms with Gasteiger partial charge in [-0.05, 0) is 85.8 Å². The number of allylic oxidation sites excluding steroid dienone is 2. The van der Waals surface area contributed by atoms with Crippen molar-refractivity contribution in [3.8, 4) is 0 Å². The summed E-state index contributed by atoms with van der Waals surface area (Å²) in [6.45, 7) is 10.4. The van der Waals surface area contributed by atoms with Gasteiger partial charge in [0.25, 0.3) is 0 Å². The molecule has 0 bridgehead atoms. The van der Waals surface area contributed by atoms with E-state index in [0.29, 0.717) is 13.1 Å². The minimum Gasteiger partial charge on any atom is -0.389 e. The molecule has 2 N–H and O–H groups in total. The predicted molar refractivity (Wildman–Crippen MR) is 244 cm³/mol. The summed E-state index contributed by atoms with van der Waals surface area (Å²) >= 11 is 0. The van der Waals surface area contributed by atoms with Crippen LogP contribution in [-0.4, -0.2) is 24.7 Å². The molecule has 0 spiro atoms. The number of unbranched alkanes of at least 4 members (excludes halogenated alkanes) is 20. The van der Waals surface area contributed by atoms with Gasteiger partial charge in [0.05, 0.1) is 0 Å². The first-order chi connectivity index (χ1) is 27.5. The molecule has 0 aliphatic carbocycles. The van der Waals surface area contributed by atoms with E-state index in [0.717, 1.165) is 36.8 Å². The van der Waals surface area contributed by atoms with Gasteiger partial charge in [-0.25, -0.2) is 0 Å². The molecule has 0 fully saturated rings. The highest BCUT2D eigenvalue weighted by Gasteiger charge is 2.10. The molecule has 4 nitrogen and oxygen atoms in total. The first kappa shape index (κ1) is 49.0. The lowest BCUT2D eigenvalue weighted by Gasteiger charge is -2.12.